The van der Waals surface area contributed by atoms with Crippen molar-refractivity contribution in [3.8, 4) is 0 Å². The van der Waals surface area contributed by atoms with Gasteiger partial charge in [-0.3, -0.25) is 4.79 Å². The van der Waals surface area contributed by atoms with Gasteiger partial charge in [0.05, 0.1) is 20.3 Å². The van der Waals surface area contributed by atoms with Crippen LogP contribution in [0.3, 0.4) is 0 Å². The minimum Gasteiger partial charge on any atom is -0.467 e. The third-order valence-electron chi connectivity index (χ3n) is 2.47. The number of nitrogens with zero attached hydrogens (tertiary/aromatic N) is 1. The van der Waals surface area contributed by atoms with Gasteiger partial charge in [-0.25, -0.2) is 4.79 Å². The number of amides is 1. The van der Waals surface area contributed by atoms with Gasteiger partial charge in [-0.15, -0.1) is 0 Å². The van der Waals surface area contributed by atoms with Gasteiger partial charge in [0.25, 0.3) is 0 Å². The van der Waals surface area contributed by atoms with Gasteiger partial charge in [0.2, 0.25) is 5.91 Å². The van der Waals surface area contributed by atoms with Gasteiger partial charge < -0.3 is 14.4 Å². The van der Waals surface area contributed by atoms with E-state index >= 15 is 0 Å². The lowest BCUT2D eigenvalue weighted by Crippen LogP contribution is -2.49. The van der Waals surface area contributed by atoms with Gasteiger partial charge >= 0.3 is 5.97 Å². The molecule has 0 aromatic carbocycles. The van der Waals surface area contributed by atoms with E-state index in [2.05, 4.69) is 4.74 Å². The maximum atomic E-state index is 11.8. The Bertz CT molecular complexity index is 265. The minimum absolute atomic E-state index is 0.0761. The number of methoxy groups -OCH3 is 1. The molecule has 0 spiro atoms. The van der Waals surface area contributed by atoms with E-state index in [1.54, 1.807) is 4.90 Å². The average molecular weight is 229 g/mol. The van der Waals surface area contributed by atoms with E-state index in [9.17, 15) is 9.59 Å². The molecule has 5 nitrogen and oxygen atoms in total. The predicted molar refractivity (Wildman–Crippen MR) is 57.8 cm³/mol. The molecular weight excluding hydrogens is 210 g/mol. The minimum atomic E-state index is -0.630. The van der Waals surface area contributed by atoms with Crippen LogP contribution in [0.15, 0.2) is 0 Å². The topological polar surface area (TPSA) is 55.8 Å². The summed E-state index contributed by atoms with van der Waals surface area (Å²) >= 11 is 0. The van der Waals surface area contributed by atoms with E-state index in [0.717, 1.165) is 0 Å². The highest BCUT2D eigenvalue weighted by Gasteiger charge is 2.29. The quantitative estimate of drug-likeness (QED) is 0.659. The van der Waals surface area contributed by atoms with Gasteiger partial charge in [-0.1, -0.05) is 13.8 Å². The largest absolute Gasteiger partial charge is 0.467 e. The van der Waals surface area contributed by atoms with Crippen molar-refractivity contribution in [2.45, 2.75) is 26.4 Å². The standard InChI is InChI=1S/C11H19NO4/c1-8(2)6-10(13)12-4-5-16-9(7-12)11(14)15-3/h8-9H,4-7H2,1-3H3. The molecule has 1 heterocycles. The summed E-state index contributed by atoms with van der Waals surface area (Å²) in [6.45, 7) is 5.24. The van der Waals surface area contributed by atoms with Crippen LogP contribution in [-0.4, -0.2) is 49.7 Å². The van der Waals surface area contributed by atoms with Crippen molar-refractivity contribution in [2.75, 3.05) is 26.8 Å². The summed E-state index contributed by atoms with van der Waals surface area (Å²) in [5.41, 5.74) is 0. The lowest BCUT2D eigenvalue weighted by molar-refractivity contribution is -0.162. The summed E-state index contributed by atoms with van der Waals surface area (Å²) in [5, 5.41) is 0. The molecule has 1 atom stereocenters. The van der Waals surface area contributed by atoms with Crippen molar-refractivity contribution in [2.24, 2.45) is 5.92 Å². The third kappa shape index (κ3) is 3.48. The zero-order valence-corrected chi connectivity index (χ0v) is 10.1. The van der Waals surface area contributed by atoms with E-state index in [1.165, 1.54) is 7.11 Å². The Morgan fingerprint density at radius 3 is 2.75 bits per heavy atom. The molecule has 1 saturated heterocycles. The number of carbonyl (C=O) groups is 2. The molecule has 0 radical (unpaired) electrons. The monoisotopic (exact) mass is 229 g/mol. The molecule has 1 fully saturated rings. The Morgan fingerprint density at radius 1 is 1.50 bits per heavy atom. The SMILES string of the molecule is COC(=O)C1CN(C(=O)CC(C)C)CCO1. The number of hydrogen-bond acceptors (Lipinski definition) is 4. The maximum Gasteiger partial charge on any atom is 0.336 e. The number of carbonyl (C=O) groups excluding carboxylic acids is 2. The van der Waals surface area contributed by atoms with E-state index in [-0.39, 0.29) is 5.91 Å². The Morgan fingerprint density at radius 2 is 2.19 bits per heavy atom. The van der Waals surface area contributed by atoms with Gasteiger partial charge in [-0.05, 0) is 5.92 Å². The average Bonchev–Trinajstić information content (AvgIpc) is 2.27. The molecule has 5 heteroatoms. The molecule has 0 N–H and O–H groups in total. The maximum absolute atomic E-state index is 11.8. The Hall–Kier alpha value is -1.10. The van der Waals surface area contributed by atoms with Crippen molar-refractivity contribution in [3.63, 3.8) is 0 Å². The molecule has 16 heavy (non-hydrogen) atoms. The Kier molecular flexibility index (Phi) is 4.73. The zero-order valence-electron chi connectivity index (χ0n) is 10.1. The van der Waals surface area contributed by atoms with Crippen LogP contribution < -0.4 is 0 Å². The molecule has 0 bridgehead atoms. The van der Waals surface area contributed by atoms with Crippen molar-refractivity contribution in [3.05, 3.63) is 0 Å². The van der Waals surface area contributed by atoms with Crippen molar-refractivity contribution in [1.82, 2.24) is 4.90 Å². The highest BCUT2D eigenvalue weighted by atomic mass is 16.6. The van der Waals surface area contributed by atoms with Crippen molar-refractivity contribution >= 4 is 11.9 Å². The van der Waals surface area contributed by atoms with Crippen LogP contribution in [0, 0.1) is 5.92 Å². The van der Waals surface area contributed by atoms with Crippen LogP contribution in [-0.2, 0) is 19.1 Å². The first kappa shape index (κ1) is 13.0. The number of ether oxygens (including phenoxy) is 2. The van der Waals surface area contributed by atoms with Gasteiger partial charge in [0.1, 0.15) is 0 Å². The highest BCUT2D eigenvalue weighted by Crippen LogP contribution is 2.10. The molecule has 1 rings (SSSR count). The molecule has 0 aliphatic carbocycles. The summed E-state index contributed by atoms with van der Waals surface area (Å²) in [6.07, 6.45) is -0.122. The summed E-state index contributed by atoms with van der Waals surface area (Å²) in [4.78, 5) is 24.7. The third-order valence-corrected chi connectivity index (χ3v) is 2.47. The summed E-state index contributed by atoms with van der Waals surface area (Å²) < 4.78 is 9.84. The summed E-state index contributed by atoms with van der Waals surface area (Å²) in [7, 11) is 1.32. The van der Waals surface area contributed by atoms with Gasteiger partial charge in [0.15, 0.2) is 6.10 Å². The van der Waals surface area contributed by atoms with Crippen LogP contribution in [0.4, 0.5) is 0 Å². The van der Waals surface area contributed by atoms with Crippen molar-refractivity contribution < 1.29 is 19.1 Å². The van der Waals surface area contributed by atoms with E-state index in [1.807, 2.05) is 13.8 Å². The molecule has 1 amide bonds. The lowest BCUT2D eigenvalue weighted by Gasteiger charge is -2.31. The second-order valence-corrected chi connectivity index (χ2v) is 4.32. The molecule has 1 aliphatic rings. The molecular formula is C11H19NO4. The smallest absolute Gasteiger partial charge is 0.336 e. The van der Waals surface area contributed by atoms with Gasteiger partial charge in [0, 0.05) is 13.0 Å². The highest BCUT2D eigenvalue weighted by molar-refractivity contribution is 5.79. The first-order valence-corrected chi connectivity index (χ1v) is 5.51. The van der Waals surface area contributed by atoms with Gasteiger partial charge in [-0.2, -0.15) is 0 Å². The molecule has 0 aromatic rings. The Balaban J connectivity index is 2.50. The van der Waals surface area contributed by atoms with Crippen molar-refractivity contribution in [1.29, 1.82) is 0 Å². The predicted octanol–water partition coefficient (Wildman–Crippen LogP) is 0.433. The molecule has 1 unspecified atom stereocenters. The summed E-state index contributed by atoms with van der Waals surface area (Å²) in [6, 6.07) is 0. The summed E-state index contributed by atoms with van der Waals surface area (Å²) in [5.74, 6) is -0.0128. The fourth-order valence-electron chi connectivity index (χ4n) is 1.63. The number of esters is 1. The fraction of sp³-hybridized carbons (Fsp3) is 0.818. The second kappa shape index (κ2) is 5.84. The van der Waals surface area contributed by atoms with Crippen LogP contribution >= 0.6 is 0 Å². The van der Waals surface area contributed by atoms with Crippen LogP contribution in [0.1, 0.15) is 20.3 Å². The molecule has 1 aliphatic heterocycles. The number of hydrogen-bond donors (Lipinski definition) is 0. The van der Waals surface area contributed by atoms with Crippen LogP contribution in [0.25, 0.3) is 0 Å². The Labute approximate surface area is 95.7 Å². The second-order valence-electron chi connectivity index (χ2n) is 4.32. The van der Waals surface area contributed by atoms with Crippen LogP contribution in [0.5, 0.6) is 0 Å². The fourth-order valence-corrected chi connectivity index (χ4v) is 1.63. The molecule has 0 saturated carbocycles. The van der Waals surface area contributed by atoms with Crippen LogP contribution in [0.2, 0.25) is 0 Å². The molecule has 92 valence electrons. The normalized spacial score (nSPS) is 21.0. The zero-order chi connectivity index (χ0) is 12.1. The van der Waals surface area contributed by atoms with E-state index in [4.69, 9.17) is 4.74 Å². The first-order valence-electron chi connectivity index (χ1n) is 5.51. The number of rotatable bonds is 3. The molecule has 0 aromatic heterocycles. The van der Waals surface area contributed by atoms with E-state index in [0.29, 0.717) is 32.0 Å². The first-order chi connectivity index (χ1) is 7.54. The lowest BCUT2D eigenvalue weighted by atomic mass is 10.1. The van der Waals surface area contributed by atoms with E-state index < -0.39 is 12.1 Å². The number of morpholine rings is 1.